The number of nitrogens with zero attached hydrogens (tertiary/aromatic N) is 1. The third-order valence-corrected chi connectivity index (χ3v) is 3.45. The van der Waals surface area contributed by atoms with E-state index in [9.17, 15) is 4.79 Å². The topological polar surface area (TPSA) is 55.6 Å². The summed E-state index contributed by atoms with van der Waals surface area (Å²) in [7, 11) is 3.39. The quantitative estimate of drug-likeness (QED) is 0.817. The number of hydrogen-bond acceptors (Lipinski definition) is 3. The van der Waals surface area contributed by atoms with Gasteiger partial charge in [-0.25, -0.2) is 0 Å². The number of rotatable bonds is 6. The molecule has 0 aliphatic rings. The molecule has 0 saturated carbocycles. The molecule has 0 heterocycles. The maximum atomic E-state index is 12.4. The van der Waals surface area contributed by atoms with E-state index in [4.69, 9.17) is 22.7 Å². The second kappa shape index (κ2) is 7.24. The number of carbonyl (C=O) groups excluding carboxylic acids is 1. The van der Waals surface area contributed by atoms with Crippen molar-refractivity contribution in [1.82, 2.24) is 4.90 Å². The molecule has 1 atom stereocenters. The van der Waals surface area contributed by atoms with Gasteiger partial charge in [-0.15, -0.1) is 0 Å². The highest BCUT2D eigenvalue weighted by atomic mass is 32.1. The van der Waals surface area contributed by atoms with E-state index in [-0.39, 0.29) is 16.8 Å². The first-order valence-corrected chi connectivity index (χ1v) is 6.94. The van der Waals surface area contributed by atoms with E-state index in [0.717, 1.165) is 11.3 Å². The van der Waals surface area contributed by atoms with Gasteiger partial charge in [-0.2, -0.15) is 0 Å². The fraction of sp³-hybridized carbons (Fsp3) is 0.467. The lowest BCUT2D eigenvalue weighted by molar-refractivity contribution is -0.133. The van der Waals surface area contributed by atoms with Crippen molar-refractivity contribution in [3.05, 3.63) is 29.8 Å². The number of carbonyl (C=O) groups is 1. The molecule has 1 aromatic carbocycles. The maximum absolute atomic E-state index is 12.4. The van der Waals surface area contributed by atoms with E-state index in [1.165, 1.54) is 0 Å². The highest BCUT2D eigenvalue weighted by Crippen LogP contribution is 2.17. The zero-order valence-corrected chi connectivity index (χ0v) is 13.2. The Balaban J connectivity index is 2.75. The Morgan fingerprint density at radius 1 is 1.35 bits per heavy atom. The van der Waals surface area contributed by atoms with Gasteiger partial charge in [-0.05, 0) is 23.6 Å². The van der Waals surface area contributed by atoms with Crippen LogP contribution in [0, 0.1) is 11.8 Å². The van der Waals surface area contributed by atoms with Crippen molar-refractivity contribution in [1.29, 1.82) is 0 Å². The average molecular weight is 294 g/mol. The summed E-state index contributed by atoms with van der Waals surface area (Å²) < 4.78 is 5.11. The molecule has 110 valence electrons. The number of benzene rings is 1. The second-order valence-corrected chi connectivity index (χ2v) is 5.64. The zero-order valence-electron chi connectivity index (χ0n) is 12.4. The molecule has 20 heavy (non-hydrogen) atoms. The minimum absolute atomic E-state index is 0.0386. The standard InChI is InChI=1S/C15H22N2O2S/c1-10(2)13(14(16)20)15(18)17(3)9-11-5-7-12(19-4)8-6-11/h5-8,10,13H,9H2,1-4H3,(H2,16,20). The van der Waals surface area contributed by atoms with Crippen LogP contribution in [0.5, 0.6) is 5.75 Å². The van der Waals surface area contributed by atoms with Gasteiger partial charge in [0, 0.05) is 13.6 Å². The van der Waals surface area contributed by atoms with Crippen LogP contribution in [-0.2, 0) is 11.3 Å². The Labute approximate surface area is 125 Å². The zero-order chi connectivity index (χ0) is 15.3. The Hall–Kier alpha value is -1.62. The third kappa shape index (κ3) is 4.20. The van der Waals surface area contributed by atoms with Crippen LogP contribution in [0.2, 0.25) is 0 Å². The first kappa shape index (κ1) is 16.4. The predicted molar refractivity (Wildman–Crippen MR) is 84.6 cm³/mol. The lowest BCUT2D eigenvalue weighted by Crippen LogP contribution is -2.41. The summed E-state index contributed by atoms with van der Waals surface area (Å²) in [4.78, 5) is 14.3. The molecular weight excluding hydrogens is 272 g/mol. The van der Waals surface area contributed by atoms with Gasteiger partial charge in [0.25, 0.3) is 0 Å². The van der Waals surface area contributed by atoms with Crippen molar-refractivity contribution in [3.63, 3.8) is 0 Å². The normalized spacial score (nSPS) is 12.1. The van der Waals surface area contributed by atoms with Gasteiger partial charge in [-0.3, -0.25) is 4.79 Å². The van der Waals surface area contributed by atoms with Crippen LogP contribution >= 0.6 is 12.2 Å². The SMILES string of the molecule is COc1ccc(CN(C)C(=O)C(C(N)=S)C(C)C)cc1. The summed E-state index contributed by atoms with van der Waals surface area (Å²) in [5.41, 5.74) is 6.71. The van der Waals surface area contributed by atoms with Gasteiger partial charge < -0.3 is 15.4 Å². The molecule has 4 nitrogen and oxygen atoms in total. The van der Waals surface area contributed by atoms with Crippen molar-refractivity contribution < 1.29 is 9.53 Å². The van der Waals surface area contributed by atoms with E-state index in [1.807, 2.05) is 38.1 Å². The highest BCUT2D eigenvalue weighted by molar-refractivity contribution is 7.80. The van der Waals surface area contributed by atoms with E-state index in [2.05, 4.69) is 0 Å². The van der Waals surface area contributed by atoms with Crippen LogP contribution in [0.15, 0.2) is 24.3 Å². The molecule has 1 rings (SSSR count). The maximum Gasteiger partial charge on any atom is 0.232 e. The Morgan fingerprint density at radius 3 is 2.30 bits per heavy atom. The number of nitrogens with two attached hydrogens (primary N) is 1. The van der Waals surface area contributed by atoms with Crippen molar-refractivity contribution >= 4 is 23.1 Å². The van der Waals surface area contributed by atoms with Crippen LogP contribution in [-0.4, -0.2) is 30.0 Å². The minimum atomic E-state index is -0.409. The predicted octanol–water partition coefficient (Wildman–Crippen LogP) is 2.21. The first-order valence-electron chi connectivity index (χ1n) is 6.54. The van der Waals surface area contributed by atoms with Crippen molar-refractivity contribution in [2.45, 2.75) is 20.4 Å². The van der Waals surface area contributed by atoms with Gasteiger partial charge in [0.2, 0.25) is 5.91 Å². The van der Waals surface area contributed by atoms with Crippen LogP contribution in [0.25, 0.3) is 0 Å². The van der Waals surface area contributed by atoms with Crippen LogP contribution in [0.1, 0.15) is 19.4 Å². The summed E-state index contributed by atoms with van der Waals surface area (Å²) in [5.74, 6) is 0.445. The highest BCUT2D eigenvalue weighted by Gasteiger charge is 2.27. The Bertz CT molecular complexity index is 471. The fourth-order valence-electron chi connectivity index (χ4n) is 2.06. The molecule has 1 amide bonds. The Morgan fingerprint density at radius 2 is 1.90 bits per heavy atom. The van der Waals surface area contributed by atoms with Gasteiger partial charge in [0.1, 0.15) is 5.75 Å². The van der Waals surface area contributed by atoms with E-state index >= 15 is 0 Å². The Kier molecular flexibility index (Phi) is 5.95. The molecule has 1 aromatic rings. The van der Waals surface area contributed by atoms with Crippen molar-refractivity contribution in [3.8, 4) is 5.75 Å². The van der Waals surface area contributed by atoms with E-state index < -0.39 is 5.92 Å². The summed E-state index contributed by atoms with van der Waals surface area (Å²) in [6, 6.07) is 7.63. The average Bonchev–Trinajstić information content (AvgIpc) is 2.38. The van der Waals surface area contributed by atoms with Crippen LogP contribution in [0.4, 0.5) is 0 Å². The first-order chi connectivity index (χ1) is 9.36. The largest absolute Gasteiger partial charge is 0.497 e. The molecule has 0 fully saturated rings. The third-order valence-electron chi connectivity index (χ3n) is 3.19. The van der Waals surface area contributed by atoms with Gasteiger partial charge in [0.05, 0.1) is 18.0 Å². The van der Waals surface area contributed by atoms with E-state index in [1.54, 1.807) is 19.1 Å². The molecule has 0 bridgehead atoms. The summed E-state index contributed by atoms with van der Waals surface area (Å²) >= 11 is 5.00. The second-order valence-electron chi connectivity index (χ2n) is 5.17. The van der Waals surface area contributed by atoms with Gasteiger partial charge >= 0.3 is 0 Å². The number of hydrogen-bond donors (Lipinski definition) is 1. The lowest BCUT2D eigenvalue weighted by atomic mass is 9.94. The number of thiocarbonyl (C=S) groups is 1. The summed E-state index contributed by atoms with van der Waals surface area (Å²) in [6.07, 6.45) is 0. The van der Waals surface area contributed by atoms with Crippen molar-refractivity contribution in [2.75, 3.05) is 14.2 Å². The van der Waals surface area contributed by atoms with Gasteiger partial charge in [-0.1, -0.05) is 38.2 Å². The fourth-order valence-corrected chi connectivity index (χ4v) is 2.43. The summed E-state index contributed by atoms with van der Waals surface area (Å²) in [5, 5.41) is 0. The molecule has 0 aliphatic carbocycles. The van der Waals surface area contributed by atoms with Crippen molar-refractivity contribution in [2.24, 2.45) is 17.6 Å². The lowest BCUT2D eigenvalue weighted by Gasteiger charge is -2.25. The molecule has 0 aliphatic heterocycles. The molecule has 2 N–H and O–H groups in total. The molecule has 5 heteroatoms. The van der Waals surface area contributed by atoms with Crippen LogP contribution < -0.4 is 10.5 Å². The van der Waals surface area contributed by atoms with Crippen LogP contribution in [0.3, 0.4) is 0 Å². The number of ether oxygens (including phenoxy) is 1. The molecule has 0 aromatic heterocycles. The molecule has 0 radical (unpaired) electrons. The molecule has 0 spiro atoms. The van der Waals surface area contributed by atoms with E-state index in [0.29, 0.717) is 6.54 Å². The van der Waals surface area contributed by atoms with Gasteiger partial charge in [0.15, 0.2) is 0 Å². The smallest absolute Gasteiger partial charge is 0.232 e. The number of amides is 1. The minimum Gasteiger partial charge on any atom is -0.497 e. The molecule has 0 saturated heterocycles. The number of methoxy groups -OCH3 is 1. The monoisotopic (exact) mass is 294 g/mol. The summed E-state index contributed by atoms with van der Waals surface area (Å²) in [6.45, 7) is 4.42. The molecule has 1 unspecified atom stereocenters. The molecular formula is C15H22N2O2S.